The summed E-state index contributed by atoms with van der Waals surface area (Å²) in [5.74, 6) is 0.107. The summed E-state index contributed by atoms with van der Waals surface area (Å²) in [5.41, 5.74) is 2.87. The Bertz CT molecular complexity index is 580. The van der Waals surface area contributed by atoms with E-state index in [1.807, 2.05) is 37.3 Å². The molecule has 0 aliphatic carbocycles. The average molecular weight is 256 g/mol. The molecular weight excluding hydrogens is 240 g/mol. The number of rotatable bonds is 4. The molecule has 1 aromatic carbocycles. The Morgan fingerprint density at radius 1 is 1.21 bits per heavy atom. The number of benzene rings is 1. The van der Waals surface area contributed by atoms with Crippen LogP contribution in [0.3, 0.4) is 0 Å². The molecule has 1 N–H and O–H groups in total. The van der Waals surface area contributed by atoms with Crippen molar-refractivity contribution in [2.24, 2.45) is 5.16 Å². The van der Waals surface area contributed by atoms with Crippen LogP contribution in [0.15, 0.2) is 47.6 Å². The average Bonchev–Trinajstić information content (AvgIpc) is 2.42. The molecular formula is C15H16N2O2. The monoisotopic (exact) mass is 256 g/mol. The minimum atomic E-state index is 0.107. The zero-order valence-corrected chi connectivity index (χ0v) is 11.0. The molecule has 0 fully saturated rings. The highest BCUT2D eigenvalue weighted by Gasteiger charge is 2.07. The van der Waals surface area contributed by atoms with Crippen molar-refractivity contribution in [1.82, 2.24) is 4.98 Å². The second-order valence-corrected chi connectivity index (χ2v) is 4.26. The maximum absolute atomic E-state index is 9.72. The Balaban J connectivity index is 2.05. The second-order valence-electron chi connectivity index (χ2n) is 4.26. The molecule has 1 aromatic heterocycles. The number of oxime groups is 1. The van der Waals surface area contributed by atoms with Crippen LogP contribution in [0.25, 0.3) is 0 Å². The van der Waals surface area contributed by atoms with Gasteiger partial charge in [0, 0.05) is 5.69 Å². The summed E-state index contributed by atoms with van der Waals surface area (Å²) in [6.07, 6.45) is 0. The van der Waals surface area contributed by atoms with Gasteiger partial charge in [0.15, 0.2) is 0 Å². The van der Waals surface area contributed by atoms with Crippen LogP contribution in [0, 0.1) is 6.92 Å². The molecule has 4 nitrogen and oxygen atoms in total. The van der Waals surface area contributed by atoms with Gasteiger partial charge in [-0.1, -0.05) is 35.5 Å². The SMILES string of the molecule is CC(=NOCc1ccccc1)c1nc(C)ccc1O. The third-order valence-corrected chi connectivity index (χ3v) is 2.63. The fraction of sp³-hybridized carbons (Fsp3) is 0.200. The smallest absolute Gasteiger partial charge is 0.143 e. The lowest BCUT2D eigenvalue weighted by Crippen LogP contribution is -2.01. The number of hydrogen-bond donors (Lipinski definition) is 1. The van der Waals surface area contributed by atoms with Gasteiger partial charge in [0.25, 0.3) is 0 Å². The van der Waals surface area contributed by atoms with Gasteiger partial charge in [-0.2, -0.15) is 0 Å². The Hall–Kier alpha value is -2.36. The molecule has 0 radical (unpaired) electrons. The van der Waals surface area contributed by atoms with E-state index < -0.39 is 0 Å². The molecule has 0 amide bonds. The van der Waals surface area contributed by atoms with Crippen molar-refractivity contribution in [3.63, 3.8) is 0 Å². The molecule has 0 saturated heterocycles. The van der Waals surface area contributed by atoms with Gasteiger partial charge in [-0.05, 0) is 31.5 Å². The van der Waals surface area contributed by atoms with Crippen molar-refractivity contribution in [2.45, 2.75) is 20.5 Å². The lowest BCUT2D eigenvalue weighted by atomic mass is 10.2. The molecule has 19 heavy (non-hydrogen) atoms. The first-order valence-corrected chi connectivity index (χ1v) is 6.04. The van der Waals surface area contributed by atoms with Crippen molar-refractivity contribution in [3.05, 3.63) is 59.4 Å². The third kappa shape index (κ3) is 3.55. The molecule has 98 valence electrons. The zero-order chi connectivity index (χ0) is 13.7. The molecule has 0 unspecified atom stereocenters. The summed E-state index contributed by atoms with van der Waals surface area (Å²) in [5, 5.41) is 13.7. The first kappa shape index (κ1) is 13.1. The fourth-order valence-electron chi connectivity index (χ4n) is 1.64. The zero-order valence-electron chi connectivity index (χ0n) is 11.0. The van der Waals surface area contributed by atoms with Gasteiger partial charge in [0.1, 0.15) is 23.8 Å². The molecule has 0 aliphatic heterocycles. The summed E-state index contributed by atoms with van der Waals surface area (Å²) in [7, 11) is 0. The normalized spacial score (nSPS) is 11.4. The van der Waals surface area contributed by atoms with Crippen LogP contribution < -0.4 is 0 Å². The first-order chi connectivity index (χ1) is 9.16. The predicted octanol–water partition coefficient (Wildman–Crippen LogP) is 3.04. The summed E-state index contributed by atoms with van der Waals surface area (Å²) < 4.78 is 0. The van der Waals surface area contributed by atoms with E-state index in [1.54, 1.807) is 19.1 Å². The summed E-state index contributed by atoms with van der Waals surface area (Å²) in [6.45, 7) is 4.01. The van der Waals surface area contributed by atoms with Crippen molar-refractivity contribution in [2.75, 3.05) is 0 Å². The highest BCUT2D eigenvalue weighted by molar-refractivity contribution is 5.98. The molecule has 0 bridgehead atoms. The molecule has 0 aliphatic rings. The predicted molar refractivity (Wildman–Crippen MR) is 74.1 cm³/mol. The Morgan fingerprint density at radius 2 is 1.95 bits per heavy atom. The maximum atomic E-state index is 9.72. The van der Waals surface area contributed by atoms with Crippen LogP contribution in [0.1, 0.15) is 23.9 Å². The molecule has 0 saturated carbocycles. The van der Waals surface area contributed by atoms with Gasteiger partial charge in [0.05, 0.1) is 0 Å². The van der Waals surface area contributed by atoms with Gasteiger partial charge in [-0.25, -0.2) is 4.98 Å². The summed E-state index contributed by atoms with van der Waals surface area (Å²) >= 11 is 0. The summed E-state index contributed by atoms with van der Waals surface area (Å²) in [4.78, 5) is 9.51. The molecule has 2 rings (SSSR count). The summed E-state index contributed by atoms with van der Waals surface area (Å²) in [6, 6.07) is 13.1. The van der Waals surface area contributed by atoms with E-state index in [1.165, 1.54) is 0 Å². The van der Waals surface area contributed by atoms with Crippen LogP contribution in [0.5, 0.6) is 5.75 Å². The number of nitrogens with zero attached hydrogens (tertiary/aromatic N) is 2. The Kier molecular flexibility index (Phi) is 4.13. The Morgan fingerprint density at radius 3 is 2.68 bits per heavy atom. The number of hydrogen-bond acceptors (Lipinski definition) is 4. The molecule has 0 spiro atoms. The maximum Gasteiger partial charge on any atom is 0.143 e. The topological polar surface area (TPSA) is 54.7 Å². The van der Waals surface area contributed by atoms with Gasteiger partial charge in [-0.3, -0.25) is 0 Å². The number of aryl methyl sites for hydroxylation is 1. The van der Waals surface area contributed by atoms with E-state index >= 15 is 0 Å². The van der Waals surface area contributed by atoms with Gasteiger partial charge < -0.3 is 9.94 Å². The fourth-order valence-corrected chi connectivity index (χ4v) is 1.64. The molecule has 0 atom stereocenters. The lowest BCUT2D eigenvalue weighted by Gasteiger charge is -2.05. The van der Waals surface area contributed by atoms with Crippen molar-refractivity contribution >= 4 is 5.71 Å². The van der Waals surface area contributed by atoms with E-state index in [2.05, 4.69) is 10.1 Å². The van der Waals surface area contributed by atoms with Crippen LogP contribution >= 0.6 is 0 Å². The van der Waals surface area contributed by atoms with Crippen LogP contribution in [-0.2, 0) is 11.4 Å². The third-order valence-electron chi connectivity index (χ3n) is 2.63. The molecule has 2 aromatic rings. The number of pyridine rings is 1. The second kappa shape index (κ2) is 6.00. The van der Waals surface area contributed by atoms with E-state index in [4.69, 9.17) is 4.84 Å². The van der Waals surface area contributed by atoms with E-state index in [9.17, 15) is 5.11 Å². The quantitative estimate of drug-likeness (QED) is 0.675. The first-order valence-electron chi connectivity index (χ1n) is 6.04. The van der Waals surface area contributed by atoms with Crippen molar-refractivity contribution in [1.29, 1.82) is 0 Å². The van der Waals surface area contributed by atoms with Crippen molar-refractivity contribution < 1.29 is 9.94 Å². The highest BCUT2D eigenvalue weighted by atomic mass is 16.6. The number of aromatic hydroxyl groups is 1. The lowest BCUT2D eigenvalue weighted by molar-refractivity contribution is 0.130. The van der Waals surface area contributed by atoms with Crippen molar-refractivity contribution in [3.8, 4) is 5.75 Å². The van der Waals surface area contributed by atoms with Crippen LogP contribution in [0.4, 0.5) is 0 Å². The van der Waals surface area contributed by atoms with E-state index in [0.29, 0.717) is 18.0 Å². The number of aromatic nitrogens is 1. The molecule has 4 heteroatoms. The van der Waals surface area contributed by atoms with Gasteiger partial charge in [-0.15, -0.1) is 0 Å². The molecule has 1 heterocycles. The minimum absolute atomic E-state index is 0.107. The van der Waals surface area contributed by atoms with Gasteiger partial charge in [0.2, 0.25) is 0 Å². The Labute approximate surface area is 112 Å². The standard InChI is InChI=1S/C15H16N2O2/c1-11-8-9-14(18)15(16-11)12(2)17-19-10-13-6-4-3-5-7-13/h3-9,18H,10H2,1-2H3. The van der Waals surface area contributed by atoms with Gasteiger partial charge >= 0.3 is 0 Å². The highest BCUT2D eigenvalue weighted by Crippen LogP contribution is 2.15. The van der Waals surface area contributed by atoms with E-state index in [0.717, 1.165) is 11.3 Å². The minimum Gasteiger partial charge on any atom is -0.506 e. The largest absolute Gasteiger partial charge is 0.506 e. The van der Waals surface area contributed by atoms with Crippen LogP contribution in [0.2, 0.25) is 0 Å². The van der Waals surface area contributed by atoms with E-state index in [-0.39, 0.29) is 5.75 Å². The van der Waals surface area contributed by atoms with Crippen LogP contribution in [-0.4, -0.2) is 15.8 Å².